The Balaban J connectivity index is 2.84. The molecule has 102 valence electrons. The molecule has 0 spiro atoms. The zero-order valence-electron chi connectivity index (χ0n) is 11.3. The van der Waals surface area contributed by atoms with Crippen LogP contribution in [0.3, 0.4) is 0 Å². The van der Waals surface area contributed by atoms with Gasteiger partial charge in [0.2, 0.25) is 17.2 Å². The third kappa shape index (κ3) is 4.27. The monoisotopic (exact) mass is 273 g/mol. The van der Waals surface area contributed by atoms with E-state index in [-0.39, 0.29) is 11.3 Å². The lowest BCUT2D eigenvalue weighted by atomic mass is 10.3. The van der Waals surface area contributed by atoms with Crippen LogP contribution in [-0.4, -0.2) is 48.3 Å². The number of ether oxygens (including phenoxy) is 1. The van der Waals surface area contributed by atoms with Crippen molar-refractivity contribution in [3.63, 3.8) is 0 Å². The number of rotatable bonds is 7. The van der Waals surface area contributed by atoms with Crippen molar-refractivity contribution in [2.75, 3.05) is 37.5 Å². The topological polar surface area (TPSA) is 63.2 Å². The van der Waals surface area contributed by atoms with Crippen molar-refractivity contribution < 1.29 is 4.74 Å². The van der Waals surface area contributed by atoms with E-state index in [0.717, 1.165) is 13.0 Å². The van der Waals surface area contributed by atoms with E-state index in [1.165, 1.54) is 0 Å². The smallest absolute Gasteiger partial charge is 0.231 e. The lowest BCUT2D eigenvalue weighted by Crippen LogP contribution is -2.34. The van der Waals surface area contributed by atoms with E-state index in [1.807, 2.05) is 18.9 Å². The van der Waals surface area contributed by atoms with Crippen molar-refractivity contribution in [3.8, 4) is 0 Å². The van der Waals surface area contributed by atoms with Crippen LogP contribution in [0.25, 0.3) is 0 Å². The van der Waals surface area contributed by atoms with E-state index < -0.39 is 0 Å². The Morgan fingerprint density at radius 1 is 1.39 bits per heavy atom. The summed E-state index contributed by atoms with van der Waals surface area (Å²) in [6.45, 7) is 5.50. The molecule has 0 saturated heterocycles. The Morgan fingerprint density at radius 2 is 2.11 bits per heavy atom. The van der Waals surface area contributed by atoms with Crippen LogP contribution in [0.4, 0.5) is 11.9 Å². The first-order chi connectivity index (χ1) is 8.58. The lowest BCUT2D eigenvalue weighted by Gasteiger charge is -2.24. The highest BCUT2D eigenvalue weighted by Gasteiger charge is 2.14. The van der Waals surface area contributed by atoms with Gasteiger partial charge in [-0.05, 0) is 24.9 Å². The van der Waals surface area contributed by atoms with Crippen LogP contribution in [0.15, 0.2) is 0 Å². The highest BCUT2D eigenvalue weighted by Crippen LogP contribution is 2.14. The van der Waals surface area contributed by atoms with Crippen LogP contribution in [0.2, 0.25) is 5.28 Å². The molecule has 0 aliphatic carbocycles. The number of nitrogens with one attached hydrogen (secondary N) is 1. The first kappa shape index (κ1) is 14.9. The Labute approximate surface area is 113 Å². The number of anilines is 2. The summed E-state index contributed by atoms with van der Waals surface area (Å²) in [5, 5.41) is 3.29. The Morgan fingerprint density at radius 3 is 2.72 bits per heavy atom. The zero-order chi connectivity index (χ0) is 13.5. The maximum atomic E-state index is 5.89. The number of hydrogen-bond donors (Lipinski definition) is 1. The maximum Gasteiger partial charge on any atom is 0.231 e. The van der Waals surface area contributed by atoms with Crippen LogP contribution < -0.4 is 10.2 Å². The predicted molar refractivity (Wildman–Crippen MR) is 73.4 cm³/mol. The first-order valence-electron chi connectivity index (χ1n) is 5.95. The molecule has 0 bridgehead atoms. The molecule has 0 amide bonds. The van der Waals surface area contributed by atoms with Crippen molar-refractivity contribution in [3.05, 3.63) is 5.28 Å². The van der Waals surface area contributed by atoms with Gasteiger partial charge < -0.3 is 15.0 Å². The van der Waals surface area contributed by atoms with Crippen LogP contribution in [0, 0.1) is 0 Å². The van der Waals surface area contributed by atoms with Gasteiger partial charge in [0.05, 0.1) is 12.6 Å². The predicted octanol–water partition coefficient (Wildman–Crippen LogP) is 1.82. The average molecular weight is 274 g/mol. The van der Waals surface area contributed by atoms with Crippen molar-refractivity contribution in [1.29, 1.82) is 0 Å². The van der Waals surface area contributed by atoms with Gasteiger partial charge in [-0.2, -0.15) is 15.0 Å². The highest BCUT2D eigenvalue weighted by molar-refractivity contribution is 6.28. The van der Waals surface area contributed by atoms with Crippen LogP contribution >= 0.6 is 11.6 Å². The SMILES string of the molecule is CCCNc1nc(Cl)nc(N(C)C(C)COC)n1. The molecule has 1 rings (SSSR count). The highest BCUT2D eigenvalue weighted by atomic mass is 35.5. The van der Waals surface area contributed by atoms with E-state index in [4.69, 9.17) is 16.3 Å². The molecule has 0 aliphatic rings. The number of likely N-dealkylation sites (N-methyl/N-ethyl adjacent to an activating group) is 1. The Bertz CT molecular complexity index is 376. The average Bonchev–Trinajstić information content (AvgIpc) is 2.35. The minimum atomic E-state index is 0.160. The number of hydrogen-bond acceptors (Lipinski definition) is 6. The minimum absolute atomic E-state index is 0.160. The van der Waals surface area contributed by atoms with Crippen LogP contribution in [0.1, 0.15) is 20.3 Å². The van der Waals surface area contributed by atoms with E-state index >= 15 is 0 Å². The second-order valence-corrected chi connectivity index (χ2v) is 4.41. The molecule has 7 heteroatoms. The molecule has 1 aromatic rings. The Hall–Kier alpha value is -1.14. The third-order valence-electron chi connectivity index (χ3n) is 2.51. The van der Waals surface area contributed by atoms with Crippen molar-refractivity contribution in [2.45, 2.75) is 26.3 Å². The third-order valence-corrected chi connectivity index (χ3v) is 2.68. The second-order valence-electron chi connectivity index (χ2n) is 4.07. The molecule has 18 heavy (non-hydrogen) atoms. The molecule has 1 unspecified atom stereocenters. The van der Waals surface area contributed by atoms with E-state index in [9.17, 15) is 0 Å². The lowest BCUT2D eigenvalue weighted by molar-refractivity contribution is 0.183. The van der Waals surface area contributed by atoms with Gasteiger partial charge >= 0.3 is 0 Å². The van der Waals surface area contributed by atoms with Crippen molar-refractivity contribution >= 4 is 23.5 Å². The molecule has 1 atom stereocenters. The summed E-state index contributed by atoms with van der Waals surface area (Å²) in [5.74, 6) is 1.04. The Kier molecular flexibility index (Phi) is 6.07. The van der Waals surface area contributed by atoms with Crippen molar-refractivity contribution in [2.24, 2.45) is 0 Å². The fourth-order valence-corrected chi connectivity index (χ4v) is 1.52. The molecule has 6 nitrogen and oxygen atoms in total. The van der Waals surface area contributed by atoms with Crippen LogP contribution in [0.5, 0.6) is 0 Å². The van der Waals surface area contributed by atoms with Gasteiger partial charge in [-0.25, -0.2) is 0 Å². The number of nitrogens with zero attached hydrogens (tertiary/aromatic N) is 4. The second kappa shape index (κ2) is 7.33. The summed E-state index contributed by atoms with van der Waals surface area (Å²) < 4.78 is 5.11. The molecular formula is C11H20ClN5O. The first-order valence-corrected chi connectivity index (χ1v) is 6.33. The maximum absolute atomic E-state index is 5.89. The summed E-state index contributed by atoms with van der Waals surface area (Å²) >= 11 is 5.89. The van der Waals surface area contributed by atoms with E-state index in [1.54, 1.807) is 7.11 Å². The molecule has 0 fully saturated rings. The quantitative estimate of drug-likeness (QED) is 0.818. The number of methoxy groups -OCH3 is 1. The number of aromatic nitrogens is 3. The van der Waals surface area contributed by atoms with Gasteiger partial charge in [-0.3, -0.25) is 0 Å². The summed E-state index contributed by atoms with van der Waals surface area (Å²) in [6.07, 6.45) is 0.995. The molecule has 0 aromatic carbocycles. The van der Waals surface area contributed by atoms with Gasteiger partial charge in [0.1, 0.15) is 0 Å². The standard InChI is InChI=1S/C11H20ClN5O/c1-5-6-13-10-14-9(12)15-11(16-10)17(3)8(2)7-18-4/h8H,5-7H2,1-4H3,(H,13,14,15,16). The van der Waals surface area contributed by atoms with E-state index in [2.05, 4.69) is 27.2 Å². The normalized spacial score (nSPS) is 12.3. The zero-order valence-corrected chi connectivity index (χ0v) is 12.0. The van der Waals surface area contributed by atoms with Gasteiger partial charge in [0.25, 0.3) is 0 Å². The molecule has 1 aromatic heterocycles. The summed E-state index contributed by atoms with van der Waals surface area (Å²) in [4.78, 5) is 14.4. The van der Waals surface area contributed by atoms with Gasteiger partial charge in [0, 0.05) is 20.7 Å². The summed E-state index contributed by atoms with van der Waals surface area (Å²) in [5.41, 5.74) is 0. The van der Waals surface area contributed by atoms with Crippen molar-refractivity contribution in [1.82, 2.24) is 15.0 Å². The van der Waals surface area contributed by atoms with Gasteiger partial charge in [-0.1, -0.05) is 6.92 Å². The van der Waals surface area contributed by atoms with Crippen LogP contribution in [-0.2, 0) is 4.74 Å². The fourth-order valence-electron chi connectivity index (χ4n) is 1.36. The summed E-state index contributed by atoms with van der Waals surface area (Å²) in [7, 11) is 3.57. The largest absolute Gasteiger partial charge is 0.383 e. The summed E-state index contributed by atoms with van der Waals surface area (Å²) in [6, 6.07) is 0.160. The van der Waals surface area contributed by atoms with Gasteiger partial charge in [-0.15, -0.1) is 0 Å². The molecule has 0 aliphatic heterocycles. The van der Waals surface area contributed by atoms with E-state index in [0.29, 0.717) is 18.5 Å². The molecule has 1 N–H and O–H groups in total. The minimum Gasteiger partial charge on any atom is -0.383 e. The fraction of sp³-hybridized carbons (Fsp3) is 0.727. The number of halogens is 1. The van der Waals surface area contributed by atoms with Gasteiger partial charge in [0.15, 0.2) is 0 Å². The molecule has 1 heterocycles. The molecular weight excluding hydrogens is 254 g/mol. The molecule has 0 radical (unpaired) electrons. The molecule has 0 saturated carbocycles.